The molecule has 19 heavy (non-hydrogen) atoms. The quantitative estimate of drug-likeness (QED) is 0.727. The van der Waals surface area contributed by atoms with Crippen molar-refractivity contribution in [3.63, 3.8) is 0 Å². The third-order valence-electron chi connectivity index (χ3n) is 3.19. The van der Waals surface area contributed by atoms with Crippen LogP contribution in [0.2, 0.25) is 0 Å². The van der Waals surface area contributed by atoms with Gasteiger partial charge in [-0.25, -0.2) is 8.42 Å². The van der Waals surface area contributed by atoms with Gasteiger partial charge in [-0.05, 0) is 31.4 Å². The zero-order chi connectivity index (χ0) is 14.5. The fraction of sp³-hybridized carbons (Fsp3) is 0.615. The number of rotatable bonds is 7. The van der Waals surface area contributed by atoms with Crippen LogP contribution in [0.25, 0.3) is 0 Å². The summed E-state index contributed by atoms with van der Waals surface area (Å²) in [5, 5.41) is 8.99. The number of nitrogens with zero attached hydrogens (tertiary/aromatic N) is 1. The first kappa shape index (κ1) is 16.5. The van der Waals surface area contributed by atoms with E-state index in [1.165, 1.54) is 11.4 Å². The molecule has 0 unspecified atom stereocenters. The minimum atomic E-state index is -3.30. The largest absolute Gasteiger partial charge is 0.395 e. The van der Waals surface area contributed by atoms with Crippen LogP contribution in [0.15, 0.2) is 23.8 Å². The molecule has 1 N–H and O–H groups in total. The first-order valence-electron chi connectivity index (χ1n) is 6.33. The SMILES string of the molecule is C[C@H](CO)N(C)S(=O)(=O)CCCC1=CC(=S)CC=C1. The maximum absolute atomic E-state index is 12.0. The molecule has 0 fully saturated rings. The van der Waals surface area contributed by atoms with Gasteiger partial charge in [0.2, 0.25) is 10.0 Å². The number of hydrogen-bond donors (Lipinski definition) is 1. The molecule has 0 heterocycles. The average Bonchev–Trinajstić information content (AvgIpc) is 2.36. The first-order valence-corrected chi connectivity index (χ1v) is 8.35. The number of likely N-dealkylation sites (N-methyl/N-ethyl adjacent to an activating group) is 1. The van der Waals surface area contributed by atoms with Gasteiger partial charge in [-0.1, -0.05) is 24.4 Å². The predicted octanol–water partition coefficient (Wildman–Crippen LogP) is 1.67. The molecule has 0 saturated heterocycles. The van der Waals surface area contributed by atoms with E-state index in [4.69, 9.17) is 17.3 Å². The molecule has 1 rings (SSSR count). The third kappa shape index (κ3) is 5.14. The second kappa shape index (κ2) is 7.28. The number of aliphatic hydroxyl groups excluding tert-OH is 1. The molecule has 1 aliphatic carbocycles. The summed E-state index contributed by atoms with van der Waals surface area (Å²) in [6, 6.07) is -0.383. The van der Waals surface area contributed by atoms with Crippen molar-refractivity contribution < 1.29 is 13.5 Å². The summed E-state index contributed by atoms with van der Waals surface area (Å²) in [5.41, 5.74) is 1.09. The molecule has 0 aromatic heterocycles. The first-order chi connectivity index (χ1) is 8.86. The topological polar surface area (TPSA) is 57.6 Å². The van der Waals surface area contributed by atoms with Gasteiger partial charge in [-0.15, -0.1) is 0 Å². The summed E-state index contributed by atoms with van der Waals surface area (Å²) in [6.45, 7) is 1.51. The molecule has 0 saturated carbocycles. The lowest BCUT2D eigenvalue weighted by Crippen LogP contribution is -2.38. The van der Waals surface area contributed by atoms with Crippen molar-refractivity contribution in [1.82, 2.24) is 4.31 Å². The fourth-order valence-electron chi connectivity index (χ4n) is 1.79. The van der Waals surface area contributed by atoms with Gasteiger partial charge in [-0.3, -0.25) is 0 Å². The highest BCUT2D eigenvalue weighted by Crippen LogP contribution is 2.15. The van der Waals surface area contributed by atoms with E-state index < -0.39 is 10.0 Å². The van der Waals surface area contributed by atoms with Crippen LogP contribution < -0.4 is 0 Å². The zero-order valence-electron chi connectivity index (χ0n) is 11.4. The number of aliphatic hydroxyl groups is 1. The van der Waals surface area contributed by atoms with Crippen LogP contribution in [0.1, 0.15) is 26.2 Å². The van der Waals surface area contributed by atoms with Crippen molar-refractivity contribution >= 4 is 27.1 Å². The van der Waals surface area contributed by atoms with Crippen molar-refractivity contribution in [3.8, 4) is 0 Å². The van der Waals surface area contributed by atoms with Gasteiger partial charge >= 0.3 is 0 Å². The van der Waals surface area contributed by atoms with E-state index in [2.05, 4.69) is 0 Å². The summed E-state index contributed by atoms with van der Waals surface area (Å²) in [6.07, 6.45) is 8.02. The summed E-state index contributed by atoms with van der Waals surface area (Å²) in [4.78, 5) is 0.895. The second-order valence-electron chi connectivity index (χ2n) is 4.76. The lowest BCUT2D eigenvalue weighted by Gasteiger charge is -2.22. The Morgan fingerprint density at radius 1 is 1.53 bits per heavy atom. The molecular weight excluding hydrogens is 282 g/mol. The Bertz CT molecular complexity index is 480. The molecule has 6 heteroatoms. The molecule has 0 amide bonds. The smallest absolute Gasteiger partial charge is 0.214 e. The molecule has 0 radical (unpaired) electrons. The van der Waals surface area contributed by atoms with E-state index in [0.29, 0.717) is 12.8 Å². The Balaban J connectivity index is 2.48. The molecule has 4 nitrogen and oxygen atoms in total. The number of sulfonamides is 1. The van der Waals surface area contributed by atoms with Crippen LogP contribution in [0.4, 0.5) is 0 Å². The zero-order valence-corrected chi connectivity index (χ0v) is 13.0. The van der Waals surface area contributed by atoms with Crippen molar-refractivity contribution in [3.05, 3.63) is 23.8 Å². The molecule has 108 valence electrons. The highest BCUT2D eigenvalue weighted by Gasteiger charge is 2.22. The maximum Gasteiger partial charge on any atom is 0.214 e. The van der Waals surface area contributed by atoms with Crippen LogP contribution in [0.5, 0.6) is 0 Å². The van der Waals surface area contributed by atoms with Crippen LogP contribution >= 0.6 is 12.2 Å². The Kier molecular flexibility index (Phi) is 6.32. The van der Waals surface area contributed by atoms with E-state index in [1.807, 2.05) is 18.2 Å². The van der Waals surface area contributed by atoms with Crippen LogP contribution in [0, 0.1) is 0 Å². The third-order valence-corrected chi connectivity index (χ3v) is 5.52. The summed E-state index contributed by atoms with van der Waals surface area (Å²) >= 11 is 5.12. The monoisotopic (exact) mass is 303 g/mol. The average molecular weight is 303 g/mol. The lowest BCUT2D eigenvalue weighted by molar-refractivity contribution is 0.214. The highest BCUT2D eigenvalue weighted by atomic mass is 32.2. The Morgan fingerprint density at radius 2 is 2.21 bits per heavy atom. The lowest BCUT2D eigenvalue weighted by atomic mass is 10.0. The van der Waals surface area contributed by atoms with E-state index in [9.17, 15) is 8.42 Å². The number of thiocarbonyl (C=S) groups is 1. The summed E-state index contributed by atoms with van der Waals surface area (Å²) in [5.74, 6) is 0.0891. The van der Waals surface area contributed by atoms with Crippen molar-refractivity contribution in [2.24, 2.45) is 0 Å². The normalized spacial score (nSPS) is 17.7. The second-order valence-corrected chi connectivity index (χ2v) is 7.43. The minimum Gasteiger partial charge on any atom is -0.395 e. The van der Waals surface area contributed by atoms with Crippen molar-refractivity contribution in [1.29, 1.82) is 0 Å². The fourth-order valence-corrected chi connectivity index (χ4v) is 3.45. The minimum absolute atomic E-state index is 0.0891. The molecule has 0 aromatic rings. The van der Waals surface area contributed by atoms with E-state index in [0.717, 1.165) is 16.9 Å². The molecule has 0 bridgehead atoms. The predicted molar refractivity (Wildman–Crippen MR) is 81.8 cm³/mol. The summed E-state index contributed by atoms with van der Waals surface area (Å²) in [7, 11) is -1.79. The van der Waals surface area contributed by atoms with E-state index in [-0.39, 0.29) is 18.4 Å². The number of hydrogen-bond acceptors (Lipinski definition) is 4. The molecule has 1 aliphatic rings. The Morgan fingerprint density at radius 3 is 2.79 bits per heavy atom. The summed E-state index contributed by atoms with van der Waals surface area (Å²) < 4.78 is 25.2. The molecular formula is C13H21NO3S2. The van der Waals surface area contributed by atoms with Crippen molar-refractivity contribution in [2.75, 3.05) is 19.4 Å². The number of allylic oxidation sites excluding steroid dienone is 4. The standard InChI is InChI=1S/C13H21NO3S2/c1-11(10-15)14(2)19(16,17)8-4-6-12-5-3-7-13(18)9-12/h3,5,9,11,15H,4,6-8,10H2,1-2H3/t11-/m1/s1. The molecule has 0 spiro atoms. The molecule has 1 atom stereocenters. The van der Waals surface area contributed by atoms with Crippen molar-refractivity contribution in [2.45, 2.75) is 32.2 Å². The van der Waals surface area contributed by atoms with Crippen LogP contribution in [0.3, 0.4) is 0 Å². The van der Waals surface area contributed by atoms with Gasteiger partial charge in [-0.2, -0.15) is 4.31 Å². The van der Waals surface area contributed by atoms with Gasteiger partial charge in [0, 0.05) is 24.4 Å². The van der Waals surface area contributed by atoms with Gasteiger partial charge in [0.15, 0.2) is 0 Å². The highest BCUT2D eigenvalue weighted by molar-refractivity contribution is 7.89. The Hall–Kier alpha value is -0.560. The maximum atomic E-state index is 12.0. The van der Waals surface area contributed by atoms with Crippen LogP contribution in [-0.2, 0) is 10.0 Å². The van der Waals surface area contributed by atoms with E-state index in [1.54, 1.807) is 6.92 Å². The van der Waals surface area contributed by atoms with Gasteiger partial charge < -0.3 is 5.11 Å². The van der Waals surface area contributed by atoms with Gasteiger partial charge in [0.1, 0.15) is 0 Å². The molecule has 0 aromatic carbocycles. The molecule has 0 aliphatic heterocycles. The van der Waals surface area contributed by atoms with Gasteiger partial charge in [0.05, 0.1) is 12.4 Å². The van der Waals surface area contributed by atoms with E-state index >= 15 is 0 Å². The Labute approximate surface area is 120 Å². The van der Waals surface area contributed by atoms with Crippen LogP contribution in [-0.4, -0.2) is 48.1 Å². The van der Waals surface area contributed by atoms with Gasteiger partial charge in [0.25, 0.3) is 0 Å².